The number of amides is 1. The minimum Gasteiger partial charge on any atom is -0.397 e. The van der Waals surface area contributed by atoms with Crippen molar-refractivity contribution < 1.29 is 9.18 Å². The summed E-state index contributed by atoms with van der Waals surface area (Å²) in [5.41, 5.74) is 8.21. The van der Waals surface area contributed by atoms with Gasteiger partial charge in [-0.15, -0.1) is 0 Å². The van der Waals surface area contributed by atoms with Crippen molar-refractivity contribution in [3.05, 3.63) is 55.3 Å². The first kappa shape index (κ1) is 15.2. The van der Waals surface area contributed by atoms with Crippen LogP contribution in [0.2, 0.25) is 0 Å². The van der Waals surface area contributed by atoms with Crippen molar-refractivity contribution in [2.45, 2.75) is 6.92 Å². The number of aryl methyl sites for hydroxylation is 1. The molecular formula is C14H11BrFIN2O. The van der Waals surface area contributed by atoms with E-state index in [1.54, 1.807) is 6.07 Å². The quantitative estimate of drug-likeness (QED) is 0.530. The minimum absolute atomic E-state index is 0.313. The van der Waals surface area contributed by atoms with Crippen LogP contribution in [0.3, 0.4) is 0 Å². The summed E-state index contributed by atoms with van der Waals surface area (Å²) in [6.07, 6.45) is 0. The number of nitrogen functional groups attached to an aromatic ring is 1. The standard InChI is InChI=1S/C14H11BrFIN2O/c1-7-4-8(15)5-12(18)13(7)19-14(20)10-3-2-9(16)6-11(10)17/h2-6H,18H2,1H3,(H,19,20). The average molecular weight is 449 g/mol. The highest BCUT2D eigenvalue weighted by atomic mass is 127. The molecule has 0 aliphatic heterocycles. The van der Waals surface area contributed by atoms with Gasteiger partial charge in [0.1, 0.15) is 5.82 Å². The fourth-order valence-electron chi connectivity index (χ4n) is 1.79. The van der Waals surface area contributed by atoms with Gasteiger partial charge in [0.2, 0.25) is 0 Å². The Morgan fingerprint density at radius 2 is 2.05 bits per heavy atom. The molecule has 3 N–H and O–H groups in total. The molecule has 0 aromatic heterocycles. The van der Waals surface area contributed by atoms with E-state index in [0.717, 1.165) is 10.0 Å². The van der Waals surface area contributed by atoms with Gasteiger partial charge in [-0.2, -0.15) is 0 Å². The molecule has 20 heavy (non-hydrogen) atoms. The summed E-state index contributed by atoms with van der Waals surface area (Å²) in [5.74, 6) is -0.684. The number of anilines is 2. The van der Waals surface area contributed by atoms with Crippen LogP contribution in [0.5, 0.6) is 0 Å². The average Bonchev–Trinajstić information content (AvgIpc) is 2.33. The maximum Gasteiger partial charge on any atom is 0.256 e. The second-order valence-electron chi connectivity index (χ2n) is 4.27. The third kappa shape index (κ3) is 3.29. The SMILES string of the molecule is Cc1cc(Br)cc(N)c1NC(=O)c1ccc(F)cc1I. The fourth-order valence-corrected chi connectivity index (χ4v) is 3.11. The topological polar surface area (TPSA) is 55.1 Å². The van der Waals surface area contributed by atoms with Gasteiger partial charge in [-0.1, -0.05) is 15.9 Å². The Balaban J connectivity index is 2.33. The maximum absolute atomic E-state index is 13.0. The van der Waals surface area contributed by atoms with Gasteiger partial charge in [0.25, 0.3) is 5.91 Å². The fraction of sp³-hybridized carbons (Fsp3) is 0.0714. The summed E-state index contributed by atoms with van der Waals surface area (Å²) in [7, 11) is 0. The van der Waals surface area contributed by atoms with Crippen LogP contribution in [0.4, 0.5) is 15.8 Å². The van der Waals surface area contributed by atoms with Crippen LogP contribution in [0.25, 0.3) is 0 Å². The van der Waals surface area contributed by atoms with Crippen LogP contribution in [0, 0.1) is 16.3 Å². The molecule has 0 saturated heterocycles. The highest BCUT2D eigenvalue weighted by Gasteiger charge is 2.14. The summed E-state index contributed by atoms with van der Waals surface area (Å²) >= 11 is 5.27. The molecule has 0 fully saturated rings. The molecule has 0 unspecified atom stereocenters. The van der Waals surface area contributed by atoms with E-state index >= 15 is 0 Å². The molecule has 0 saturated carbocycles. The molecule has 0 heterocycles. The number of hydrogen-bond acceptors (Lipinski definition) is 2. The van der Waals surface area contributed by atoms with Gasteiger partial charge >= 0.3 is 0 Å². The molecule has 6 heteroatoms. The Bertz CT molecular complexity index is 668. The molecule has 0 radical (unpaired) electrons. The van der Waals surface area contributed by atoms with E-state index in [2.05, 4.69) is 21.2 Å². The molecule has 0 aliphatic carbocycles. The monoisotopic (exact) mass is 448 g/mol. The molecule has 0 spiro atoms. The zero-order valence-corrected chi connectivity index (χ0v) is 14.2. The van der Waals surface area contributed by atoms with E-state index in [4.69, 9.17) is 5.73 Å². The molecule has 2 aromatic rings. The van der Waals surface area contributed by atoms with Gasteiger partial charge < -0.3 is 11.1 Å². The van der Waals surface area contributed by atoms with E-state index in [1.807, 2.05) is 35.6 Å². The number of nitrogens with two attached hydrogens (primary N) is 1. The van der Waals surface area contributed by atoms with Crippen molar-refractivity contribution in [1.29, 1.82) is 0 Å². The Hall–Kier alpha value is -1.15. The van der Waals surface area contributed by atoms with E-state index in [9.17, 15) is 9.18 Å². The molecule has 2 aromatic carbocycles. The van der Waals surface area contributed by atoms with E-state index < -0.39 is 0 Å². The van der Waals surface area contributed by atoms with E-state index in [-0.39, 0.29) is 11.7 Å². The van der Waals surface area contributed by atoms with Gasteiger partial charge in [-0.3, -0.25) is 4.79 Å². The van der Waals surface area contributed by atoms with Crippen LogP contribution in [-0.2, 0) is 0 Å². The van der Waals surface area contributed by atoms with Gasteiger partial charge in [0.05, 0.1) is 16.9 Å². The van der Waals surface area contributed by atoms with Crippen molar-refractivity contribution in [1.82, 2.24) is 0 Å². The lowest BCUT2D eigenvalue weighted by atomic mass is 10.1. The van der Waals surface area contributed by atoms with Gasteiger partial charge in [-0.25, -0.2) is 4.39 Å². The van der Waals surface area contributed by atoms with Crippen molar-refractivity contribution >= 4 is 55.8 Å². The van der Waals surface area contributed by atoms with Gasteiger partial charge in [-0.05, 0) is 65.4 Å². The van der Waals surface area contributed by atoms with Gasteiger partial charge in [0.15, 0.2) is 0 Å². The maximum atomic E-state index is 13.0. The number of nitrogens with one attached hydrogen (secondary N) is 1. The summed E-state index contributed by atoms with van der Waals surface area (Å²) in [5, 5.41) is 2.77. The normalized spacial score (nSPS) is 10.4. The minimum atomic E-state index is -0.370. The molecule has 1 amide bonds. The van der Waals surface area contributed by atoms with E-state index in [1.165, 1.54) is 18.2 Å². The zero-order valence-electron chi connectivity index (χ0n) is 10.5. The number of benzene rings is 2. The number of hydrogen-bond donors (Lipinski definition) is 2. The first-order chi connectivity index (χ1) is 9.38. The van der Waals surface area contributed by atoms with Crippen molar-refractivity contribution in [2.24, 2.45) is 0 Å². The second-order valence-corrected chi connectivity index (χ2v) is 6.34. The zero-order chi connectivity index (χ0) is 14.9. The van der Waals surface area contributed by atoms with Crippen LogP contribution in [-0.4, -0.2) is 5.91 Å². The lowest BCUT2D eigenvalue weighted by molar-refractivity contribution is 0.102. The number of carbonyl (C=O) groups is 1. The predicted octanol–water partition coefficient (Wildman–Crippen LogP) is 4.34. The lowest BCUT2D eigenvalue weighted by Gasteiger charge is -2.12. The Kier molecular flexibility index (Phi) is 4.64. The Morgan fingerprint density at radius 1 is 1.35 bits per heavy atom. The highest BCUT2D eigenvalue weighted by molar-refractivity contribution is 14.1. The molecule has 104 valence electrons. The van der Waals surface area contributed by atoms with E-state index in [0.29, 0.717) is 20.5 Å². The first-order valence-corrected chi connectivity index (χ1v) is 7.57. The Morgan fingerprint density at radius 3 is 2.65 bits per heavy atom. The smallest absolute Gasteiger partial charge is 0.256 e. The largest absolute Gasteiger partial charge is 0.397 e. The van der Waals surface area contributed by atoms with Crippen LogP contribution in [0.15, 0.2) is 34.8 Å². The van der Waals surface area contributed by atoms with Crippen molar-refractivity contribution in [2.75, 3.05) is 11.1 Å². The number of halogens is 3. The molecular weight excluding hydrogens is 438 g/mol. The molecule has 0 aliphatic rings. The molecule has 0 atom stereocenters. The highest BCUT2D eigenvalue weighted by Crippen LogP contribution is 2.28. The number of carbonyl (C=O) groups excluding carboxylic acids is 1. The van der Waals surface area contributed by atoms with Crippen molar-refractivity contribution in [3.63, 3.8) is 0 Å². The van der Waals surface area contributed by atoms with Gasteiger partial charge in [0, 0.05) is 8.04 Å². The second kappa shape index (κ2) is 6.09. The summed E-state index contributed by atoms with van der Waals surface area (Å²) < 4.78 is 14.4. The third-order valence-corrected chi connectivity index (χ3v) is 4.10. The summed E-state index contributed by atoms with van der Waals surface area (Å²) in [6, 6.07) is 7.61. The van der Waals surface area contributed by atoms with Crippen LogP contribution in [0.1, 0.15) is 15.9 Å². The lowest BCUT2D eigenvalue weighted by Crippen LogP contribution is -2.15. The molecule has 3 nitrogen and oxygen atoms in total. The third-order valence-electron chi connectivity index (χ3n) is 2.75. The summed E-state index contributed by atoms with van der Waals surface area (Å²) in [4.78, 5) is 12.2. The van der Waals surface area contributed by atoms with Crippen molar-refractivity contribution in [3.8, 4) is 0 Å². The van der Waals surface area contributed by atoms with Crippen LogP contribution >= 0.6 is 38.5 Å². The Labute approximate surface area is 138 Å². The predicted molar refractivity (Wildman–Crippen MR) is 90.4 cm³/mol. The molecule has 0 bridgehead atoms. The first-order valence-electron chi connectivity index (χ1n) is 5.70. The molecule has 2 rings (SSSR count). The van der Waals surface area contributed by atoms with Crippen LogP contribution < -0.4 is 11.1 Å². The summed E-state index contributed by atoms with van der Waals surface area (Å²) in [6.45, 7) is 1.85. The number of rotatable bonds is 2.